The lowest BCUT2D eigenvalue weighted by Crippen LogP contribution is -2.16. The van der Waals surface area contributed by atoms with Gasteiger partial charge in [-0.1, -0.05) is 34.1 Å². The van der Waals surface area contributed by atoms with Crippen LogP contribution in [-0.4, -0.2) is 22.0 Å². The first kappa shape index (κ1) is 14.2. The molecule has 20 heavy (non-hydrogen) atoms. The van der Waals surface area contributed by atoms with E-state index >= 15 is 0 Å². The number of halogens is 1. The highest BCUT2D eigenvalue weighted by Gasteiger charge is 2.09. The van der Waals surface area contributed by atoms with Crippen LogP contribution in [0.1, 0.15) is 15.9 Å². The van der Waals surface area contributed by atoms with Crippen molar-refractivity contribution >= 4 is 33.6 Å². The van der Waals surface area contributed by atoms with Crippen molar-refractivity contribution in [2.24, 2.45) is 0 Å². The Balaban J connectivity index is 2.07. The maximum atomic E-state index is 11.9. The van der Waals surface area contributed by atoms with E-state index < -0.39 is 5.97 Å². The number of hydrogen-bond acceptors (Lipinski definition) is 3. The maximum absolute atomic E-state index is 11.9. The largest absolute Gasteiger partial charge is 0.478 e. The van der Waals surface area contributed by atoms with Gasteiger partial charge in [-0.15, -0.1) is 0 Å². The van der Waals surface area contributed by atoms with E-state index in [0.29, 0.717) is 0 Å². The summed E-state index contributed by atoms with van der Waals surface area (Å²) in [4.78, 5) is 26.6. The molecule has 0 fully saturated rings. The first-order valence-corrected chi connectivity index (χ1v) is 6.58. The number of benzene rings is 1. The summed E-state index contributed by atoms with van der Waals surface area (Å²) in [6.45, 7) is 0. The fourth-order valence-electron chi connectivity index (χ4n) is 1.63. The molecule has 1 aromatic carbocycles. The molecule has 5 nitrogen and oxygen atoms in total. The van der Waals surface area contributed by atoms with E-state index in [4.69, 9.17) is 5.11 Å². The van der Waals surface area contributed by atoms with Crippen molar-refractivity contribution in [1.29, 1.82) is 0 Å². The molecular formula is C14H11BrN2O3. The predicted octanol–water partition coefficient (Wildman–Crippen LogP) is 2.72. The van der Waals surface area contributed by atoms with Gasteiger partial charge in [-0.25, -0.2) is 9.78 Å². The molecular weight excluding hydrogens is 324 g/mol. The number of carbonyl (C=O) groups excluding carboxylic acids is 1. The van der Waals surface area contributed by atoms with Gasteiger partial charge in [0, 0.05) is 10.7 Å². The molecule has 0 bridgehead atoms. The van der Waals surface area contributed by atoms with Crippen LogP contribution in [-0.2, 0) is 11.2 Å². The fourth-order valence-corrected chi connectivity index (χ4v) is 2.06. The van der Waals surface area contributed by atoms with Crippen molar-refractivity contribution < 1.29 is 14.7 Å². The van der Waals surface area contributed by atoms with Crippen molar-refractivity contribution in [3.63, 3.8) is 0 Å². The van der Waals surface area contributed by atoms with E-state index in [-0.39, 0.29) is 23.7 Å². The summed E-state index contributed by atoms with van der Waals surface area (Å²) in [6.07, 6.45) is 1.53. The highest BCUT2D eigenvalue weighted by molar-refractivity contribution is 9.10. The quantitative estimate of drug-likeness (QED) is 0.900. The van der Waals surface area contributed by atoms with Crippen LogP contribution in [0.4, 0.5) is 5.82 Å². The van der Waals surface area contributed by atoms with Crippen LogP contribution in [0, 0.1) is 0 Å². The van der Waals surface area contributed by atoms with Crippen LogP contribution in [0.2, 0.25) is 0 Å². The molecule has 0 aliphatic rings. The third kappa shape index (κ3) is 3.64. The third-order valence-electron chi connectivity index (χ3n) is 2.58. The molecule has 0 aliphatic heterocycles. The standard InChI is InChI=1S/C14H11BrN2O3/c15-11-4-2-1-3-9(11)8-13(18)17-12-7-10(14(19)20)5-6-16-12/h1-7H,8H2,(H,19,20)(H,16,17,18). The Morgan fingerprint density at radius 3 is 2.70 bits per heavy atom. The summed E-state index contributed by atoms with van der Waals surface area (Å²) in [6, 6.07) is 10.1. The molecule has 0 aliphatic carbocycles. The summed E-state index contributed by atoms with van der Waals surface area (Å²) >= 11 is 3.37. The molecule has 102 valence electrons. The molecule has 2 rings (SSSR count). The topological polar surface area (TPSA) is 79.3 Å². The number of nitrogens with one attached hydrogen (secondary N) is 1. The van der Waals surface area contributed by atoms with E-state index in [1.54, 1.807) is 0 Å². The molecule has 6 heteroatoms. The average Bonchev–Trinajstić information content (AvgIpc) is 2.41. The average molecular weight is 335 g/mol. The lowest BCUT2D eigenvalue weighted by molar-refractivity contribution is -0.115. The van der Waals surface area contributed by atoms with Crippen LogP contribution in [0.25, 0.3) is 0 Å². The second kappa shape index (κ2) is 6.29. The number of pyridine rings is 1. The zero-order chi connectivity index (χ0) is 14.5. The number of carbonyl (C=O) groups is 2. The van der Waals surface area contributed by atoms with Crippen molar-refractivity contribution in [1.82, 2.24) is 4.98 Å². The van der Waals surface area contributed by atoms with Gasteiger partial charge in [-0.3, -0.25) is 4.79 Å². The monoisotopic (exact) mass is 334 g/mol. The normalized spacial score (nSPS) is 10.1. The molecule has 0 radical (unpaired) electrons. The van der Waals surface area contributed by atoms with Gasteiger partial charge in [-0.05, 0) is 23.8 Å². The van der Waals surface area contributed by atoms with Gasteiger partial charge < -0.3 is 10.4 Å². The highest BCUT2D eigenvalue weighted by Crippen LogP contribution is 2.17. The van der Waals surface area contributed by atoms with E-state index in [0.717, 1.165) is 10.0 Å². The minimum atomic E-state index is -1.06. The number of nitrogens with zero attached hydrogens (tertiary/aromatic N) is 1. The van der Waals surface area contributed by atoms with Crippen molar-refractivity contribution in [2.75, 3.05) is 5.32 Å². The fraction of sp³-hybridized carbons (Fsp3) is 0.0714. The Morgan fingerprint density at radius 2 is 2.00 bits per heavy atom. The first-order valence-electron chi connectivity index (χ1n) is 5.79. The summed E-state index contributed by atoms with van der Waals surface area (Å²) in [5, 5.41) is 11.4. The zero-order valence-corrected chi connectivity index (χ0v) is 11.9. The highest BCUT2D eigenvalue weighted by atomic mass is 79.9. The summed E-state index contributed by atoms with van der Waals surface area (Å²) in [5.74, 6) is -1.09. The Labute approximate surface area is 123 Å². The van der Waals surface area contributed by atoms with Gasteiger partial charge in [0.2, 0.25) is 5.91 Å². The van der Waals surface area contributed by atoms with E-state index in [2.05, 4.69) is 26.2 Å². The third-order valence-corrected chi connectivity index (χ3v) is 3.36. The minimum absolute atomic E-state index is 0.0798. The van der Waals surface area contributed by atoms with Crippen LogP contribution in [0.3, 0.4) is 0 Å². The summed E-state index contributed by atoms with van der Waals surface area (Å²) in [7, 11) is 0. The van der Waals surface area contributed by atoms with Crippen molar-refractivity contribution in [2.45, 2.75) is 6.42 Å². The molecule has 2 N–H and O–H groups in total. The Kier molecular flexibility index (Phi) is 4.47. The van der Waals surface area contributed by atoms with Gasteiger partial charge in [-0.2, -0.15) is 0 Å². The molecule has 0 spiro atoms. The van der Waals surface area contributed by atoms with Gasteiger partial charge in [0.25, 0.3) is 0 Å². The Morgan fingerprint density at radius 1 is 1.25 bits per heavy atom. The number of aromatic carboxylic acids is 1. The lowest BCUT2D eigenvalue weighted by Gasteiger charge is -2.06. The Hall–Kier alpha value is -2.21. The van der Waals surface area contributed by atoms with Crippen LogP contribution in [0.15, 0.2) is 47.1 Å². The number of hydrogen-bond donors (Lipinski definition) is 2. The predicted molar refractivity (Wildman–Crippen MR) is 77.7 cm³/mol. The number of amides is 1. The SMILES string of the molecule is O=C(Cc1ccccc1Br)Nc1cc(C(=O)O)ccn1. The summed E-state index contributed by atoms with van der Waals surface area (Å²) in [5.41, 5.74) is 0.926. The second-order valence-corrected chi connectivity index (χ2v) is 4.91. The molecule has 0 saturated carbocycles. The first-order chi connectivity index (χ1) is 9.56. The molecule has 1 amide bonds. The molecule has 0 unspecified atom stereocenters. The smallest absolute Gasteiger partial charge is 0.335 e. The second-order valence-electron chi connectivity index (χ2n) is 4.05. The maximum Gasteiger partial charge on any atom is 0.335 e. The van der Waals surface area contributed by atoms with Gasteiger partial charge in [0.15, 0.2) is 0 Å². The van der Waals surface area contributed by atoms with Gasteiger partial charge in [0.05, 0.1) is 12.0 Å². The zero-order valence-electron chi connectivity index (χ0n) is 10.3. The van der Waals surface area contributed by atoms with E-state index in [1.807, 2.05) is 24.3 Å². The molecule has 0 atom stereocenters. The Bertz CT molecular complexity index is 658. The molecule has 0 saturated heterocycles. The number of carboxylic acids is 1. The minimum Gasteiger partial charge on any atom is -0.478 e. The lowest BCUT2D eigenvalue weighted by atomic mass is 10.1. The van der Waals surface area contributed by atoms with Gasteiger partial charge in [0.1, 0.15) is 5.82 Å². The number of rotatable bonds is 4. The number of carboxylic acid groups (broad SMARTS) is 1. The van der Waals surface area contributed by atoms with E-state index in [9.17, 15) is 9.59 Å². The molecule has 2 aromatic rings. The molecule has 1 aromatic heterocycles. The number of aromatic nitrogens is 1. The number of anilines is 1. The van der Waals surface area contributed by atoms with Crippen molar-refractivity contribution in [3.05, 3.63) is 58.2 Å². The molecule has 1 heterocycles. The van der Waals surface area contributed by atoms with E-state index in [1.165, 1.54) is 18.3 Å². The van der Waals surface area contributed by atoms with Crippen molar-refractivity contribution in [3.8, 4) is 0 Å². The van der Waals surface area contributed by atoms with Gasteiger partial charge >= 0.3 is 5.97 Å². The van der Waals surface area contributed by atoms with Crippen LogP contribution >= 0.6 is 15.9 Å². The summed E-state index contributed by atoms with van der Waals surface area (Å²) < 4.78 is 0.849. The van der Waals surface area contributed by atoms with Crippen LogP contribution < -0.4 is 5.32 Å². The van der Waals surface area contributed by atoms with Crippen LogP contribution in [0.5, 0.6) is 0 Å².